The fourth-order valence-electron chi connectivity index (χ4n) is 1.46. The maximum atomic E-state index is 5.43. The number of rotatable bonds is 11. The molecule has 0 saturated heterocycles. The molecule has 0 unspecified atom stereocenters. The Labute approximate surface area is 101 Å². The Morgan fingerprint density at radius 1 is 1.12 bits per heavy atom. The van der Waals surface area contributed by atoms with Crippen molar-refractivity contribution in [2.75, 3.05) is 26.2 Å². The van der Waals surface area contributed by atoms with Gasteiger partial charge in [0.2, 0.25) is 0 Å². The number of nitrogens with zero attached hydrogens (tertiary/aromatic N) is 1. The van der Waals surface area contributed by atoms with Gasteiger partial charge in [-0.05, 0) is 32.0 Å². The van der Waals surface area contributed by atoms with Crippen LogP contribution >= 0.6 is 0 Å². The lowest BCUT2D eigenvalue weighted by Gasteiger charge is -2.21. The summed E-state index contributed by atoms with van der Waals surface area (Å²) in [6.07, 6.45) is 6.70. The third kappa shape index (κ3) is 8.54. The number of hydrogen-bond acceptors (Lipinski definition) is 2. The average molecular weight is 225 g/mol. The number of allylic oxidation sites excluding steroid dienone is 1. The average Bonchev–Trinajstić information content (AvgIpc) is 2.31. The summed E-state index contributed by atoms with van der Waals surface area (Å²) in [5.74, 6) is 0.672. The van der Waals surface area contributed by atoms with Crippen LogP contribution in [0.15, 0.2) is 25.0 Å². The van der Waals surface area contributed by atoms with Crippen LogP contribution in [-0.4, -0.2) is 31.1 Å². The molecular weight excluding hydrogens is 198 g/mol. The minimum Gasteiger partial charge on any atom is -0.493 e. The Hall–Kier alpha value is -0.760. The molecule has 0 aromatic rings. The van der Waals surface area contributed by atoms with Crippen LogP contribution in [0.3, 0.4) is 0 Å². The molecular formula is C14H27NO. The lowest BCUT2D eigenvalue weighted by atomic mass is 10.2. The largest absolute Gasteiger partial charge is 0.493 e. The molecule has 2 heteroatoms. The topological polar surface area (TPSA) is 12.5 Å². The molecule has 94 valence electrons. The highest BCUT2D eigenvalue weighted by molar-refractivity contribution is 5.01. The van der Waals surface area contributed by atoms with Crippen molar-refractivity contribution in [2.45, 2.75) is 39.5 Å². The van der Waals surface area contributed by atoms with Gasteiger partial charge in [0, 0.05) is 6.54 Å². The Morgan fingerprint density at radius 3 is 2.12 bits per heavy atom. The summed E-state index contributed by atoms with van der Waals surface area (Å²) in [4.78, 5) is 2.48. The van der Waals surface area contributed by atoms with E-state index in [1.54, 1.807) is 6.08 Å². The van der Waals surface area contributed by atoms with Crippen molar-refractivity contribution in [3.8, 4) is 0 Å². The van der Waals surface area contributed by atoms with E-state index in [9.17, 15) is 0 Å². The molecule has 0 aliphatic heterocycles. The van der Waals surface area contributed by atoms with Gasteiger partial charge in [-0.15, -0.1) is 0 Å². The van der Waals surface area contributed by atoms with E-state index in [0.29, 0.717) is 5.76 Å². The van der Waals surface area contributed by atoms with Gasteiger partial charge in [-0.3, -0.25) is 4.90 Å². The van der Waals surface area contributed by atoms with Gasteiger partial charge < -0.3 is 4.74 Å². The van der Waals surface area contributed by atoms with Crippen molar-refractivity contribution in [3.63, 3.8) is 0 Å². The van der Waals surface area contributed by atoms with Crippen LogP contribution in [0, 0.1) is 0 Å². The van der Waals surface area contributed by atoms with E-state index >= 15 is 0 Å². The number of hydrogen-bond donors (Lipinski definition) is 0. The molecule has 0 saturated carbocycles. The first-order valence-corrected chi connectivity index (χ1v) is 6.41. The summed E-state index contributed by atoms with van der Waals surface area (Å²) in [7, 11) is 0. The lowest BCUT2D eigenvalue weighted by Crippen LogP contribution is -2.29. The third-order valence-corrected chi connectivity index (χ3v) is 2.58. The Kier molecular flexibility index (Phi) is 10.2. The predicted molar refractivity (Wildman–Crippen MR) is 71.5 cm³/mol. The monoisotopic (exact) mass is 225 g/mol. The molecule has 0 heterocycles. The molecule has 0 aromatic heterocycles. The predicted octanol–water partition coefficient (Wildman–Crippen LogP) is 3.60. The van der Waals surface area contributed by atoms with Crippen LogP contribution in [0.25, 0.3) is 0 Å². The number of ether oxygens (including phenoxy) is 1. The highest BCUT2D eigenvalue weighted by Gasteiger charge is 2.03. The summed E-state index contributed by atoms with van der Waals surface area (Å²) < 4.78 is 5.43. The second kappa shape index (κ2) is 10.7. The van der Waals surface area contributed by atoms with E-state index in [0.717, 1.165) is 13.2 Å². The van der Waals surface area contributed by atoms with E-state index in [2.05, 4.69) is 31.9 Å². The van der Waals surface area contributed by atoms with Gasteiger partial charge in [-0.2, -0.15) is 0 Å². The standard InChI is InChI=1S/C14H27NO/c1-5-8-10-15(11-9-6-2)12-13-16-14(4)7-3/h7H,3-6,8-13H2,1-2H3. The Morgan fingerprint density at radius 2 is 1.69 bits per heavy atom. The molecule has 0 amide bonds. The van der Waals surface area contributed by atoms with Crippen molar-refractivity contribution >= 4 is 0 Å². The van der Waals surface area contributed by atoms with E-state index in [1.165, 1.54) is 38.8 Å². The molecule has 0 aliphatic rings. The Bertz CT molecular complexity index is 181. The van der Waals surface area contributed by atoms with E-state index in [-0.39, 0.29) is 0 Å². The van der Waals surface area contributed by atoms with E-state index < -0.39 is 0 Å². The normalized spacial score (nSPS) is 10.4. The molecule has 0 atom stereocenters. The lowest BCUT2D eigenvalue weighted by molar-refractivity contribution is 0.162. The van der Waals surface area contributed by atoms with Gasteiger partial charge in [0.25, 0.3) is 0 Å². The van der Waals surface area contributed by atoms with E-state index in [1.807, 2.05) is 0 Å². The Balaban J connectivity index is 3.71. The fraction of sp³-hybridized carbons (Fsp3) is 0.714. The molecule has 0 bridgehead atoms. The molecule has 0 fully saturated rings. The van der Waals surface area contributed by atoms with Crippen LogP contribution < -0.4 is 0 Å². The molecule has 0 N–H and O–H groups in total. The quantitative estimate of drug-likeness (QED) is 0.393. The summed E-state index contributed by atoms with van der Waals surface area (Å²) in [6, 6.07) is 0. The van der Waals surface area contributed by atoms with E-state index in [4.69, 9.17) is 4.74 Å². The first-order chi connectivity index (χ1) is 7.74. The van der Waals surface area contributed by atoms with Crippen molar-refractivity contribution in [1.82, 2.24) is 4.90 Å². The van der Waals surface area contributed by atoms with Gasteiger partial charge in [0.1, 0.15) is 12.4 Å². The van der Waals surface area contributed by atoms with Crippen molar-refractivity contribution in [1.29, 1.82) is 0 Å². The molecule has 2 nitrogen and oxygen atoms in total. The third-order valence-electron chi connectivity index (χ3n) is 2.58. The van der Waals surface area contributed by atoms with Gasteiger partial charge >= 0.3 is 0 Å². The summed E-state index contributed by atoms with van der Waals surface area (Å²) in [5, 5.41) is 0. The molecule has 0 rings (SSSR count). The smallest absolute Gasteiger partial charge is 0.111 e. The van der Waals surface area contributed by atoms with Crippen LogP contribution in [-0.2, 0) is 4.74 Å². The summed E-state index contributed by atoms with van der Waals surface area (Å²) >= 11 is 0. The van der Waals surface area contributed by atoms with Crippen LogP contribution in [0.2, 0.25) is 0 Å². The van der Waals surface area contributed by atoms with Crippen molar-refractivity contribution in [3.05, 3.63) is 25.0 Å². The molecule has 0 aliphatic carbocycles. The fourth-order valence-corrected chi connectivity index (χ4v) is 1.46. The molecule has 0 spiro atoms. The highest BCUT2D eigenvalue weighted by Crippen LogP contribution is 2.00. The zero-order valence-electron chi connectivity index (χ0n) is 11.0. The second-order valence-corrected chi connectivity index (χ2v) is 4.07. The first kappa shape index (κ1) is 15.2. The minimum absolute atomic E-state index is 0.672. The summed E-state index contributed by atoms with van der Waals surface area (Å²) in [6.45, 7) is 15.9. The van der Waals surface area contributed by atoms with Gasteiger partial charge in [0.05, 0.1) is 0 Å². The molecule has 16 heavy (non-hydrogen) atoms. The zero-order chi connectivity index (χ0) is 12.2. The highest BCUT2D eigenvalue weighted by atomic mass is 16.5. The van der Waals surface area contributed by atoms with Gasteiger partial charge in [-0.1, -0.05) is 39.8 Å². The van der Waals surface area contributed by atoms with Crippen molar-refractivity contribution in [2.24, 2.45) is 0 Å². The number of unbranched alkanes of at least 4 members (excludes halogenated alkanes) is 2. The first-order valence-electron chi connectivity index (χ1n) is 6.41. The van der Waals surface area contributed by atoms with Crippen LogP contribution in [0.4, 0.5) is 0 Å². The van der Waals surface area contributed by atoms with Crippen molar-refractivity contribution < 1.29 is 4.74 Å². The zero-order valence-corrected chi connectivity index (χ0v) is 11.0. The molecule has 0 radical (unpaired) electrons. The summed E-state index contributed by atoms with van der Waals surface area (Å²) in [5.41, 5.74) is 0. The second-order valence-electron chi connectivity index (χ2n) is 4.07. The maximum Gasteiger partial charge on any atom is 0.111 e. The minimum atomic E-state index is 0.672. The molecule has 0 aromatic carbocycles. The van der Waals surface area contributed by atoms with Crippen LogP contribution in [0.1, 0.15) is 39.5 Å². The SMILES string of the molecule is C=CC(=C)OCCN(CCCC)CCCC. The van der Waals surface area contributed by atoms with Crippen LogP contribution in [0.5, 0.6) is 0 Å². The van der Waals surface area contributed by atoms with Gasteiger partial charge in [0.15, 0.2) is 0 Å². The maximum absolute atomic E-state index is 5.43. The van der Waals surface area contributed by atoms with Gasteiger partial charge in [-0.25, -0.2) is 0 Å².